The second kappa shape index (κ2) is 11.2. The molecule has 5 aromatic rings. The average Bonchev–Trinajstić information content (AvgIpc) is 3.28. The van der Waals surface area contributed by atoms with Crippen LogP contribution in [-0.2, 0) is 22.6 Å². The number of benzene rings is 5. The summed E-state index contributed by atoms with van der Waals surface area (Å²) in [6, 6.07) is 45.7. The topological polar surface area (TPSA) is 20.2 Å². The maximum atomic E-state index is 12.6. The van der Waals surface area contributed by atoms with Crippen molar-refractivity contribution in [3.63, 3.8) is 0 Å². The van der Waals surface area contributed by atoms with Gasteiger partial charge in [0, 0.05) is 5.92 Å². The van der Waals surface area contributed by atoms with Crippen molar-refractivity contribution in [1.82, 2.24) is 0 Å². The Morgan fingerprint density at radius 3 is 1.33 bits per heavy atom. The molecule has 1 nitrogen and oxygen atoms in total. The van der Waals surface area contributed by atoms with Gasteiger partial charge in [0.15, 0.2) is 0 Å². The Bertz CT molecular complexity index is 1370. The van der Waals surface area contributed by atoms with Crippen LogP contribution in [0.25, 0.3) is 11.1 Å². The summed E-state index contributed by atoms with van der Waals surface area (Å²) >= 11 is -0.556. The first-order valence-corrected chi connectivity index (χ1v) is 16.1. The summed E-state index contributed by atoms with van der Waals surface area (Å²) in [6.07, 6.45) is 0. The normalized spacial score (nSPS) is 12.2. The van der Waals surface area contributed by atoms with Crippen molar-refractivity contribution in [2.24, 2.45) is 0 Å². The minimum absolute atomic E-state index is 0.0625. The number of aliphatic hydroxyl groups is 1. The van der Waals surface area contributed by atoms with Crippen molar-refractivity contribution in [3.8, 4) is 11.1 Å². The molecule has 0 unspecified atom stereocenters. The summed E-state index contributed by atoms with van der Waals surface area (Å²) in [5.41, 5.74) is 7.62. The molecule has 6 rings (SSSR count). The Morgan fingerprint density at radius 1 is 0.500 bits per heavy atom. The van der Waals surface area contributed by atoms with Gasteiger partial charge in [0.2, 0.25) is 0 Å². The van der Waals surface area contributed by atoms with Gasteiger partial charge >= 0.3 is 35.6 Å². The van der Waals surface area contributed by atoms with Crippen molar-refractivity contribution in [2.75, 3.05) is 0 Å². The van der Waals surface area contributed by atoms with Crippen LogP contribution in [0.5, 0.6) is 0 Å². The van der Waals surface area contributed by atoms with Crippen LogP contribution in [-0.4, -0.2) is 5.11 Å². The molecule has 0 saturated carbocycles. The molecule has 0 fully saturated rings. The molecule has 1 aliphatic carbocycles. The van der Waals surface area contributed by atoms with Crippen molar-refractivity contribution >= 4 is 18.6 Å². The fourth-order valence-corrected chi connectivity index (χ4v) is 5.41. The first-order valence-electron chi connectivity index (χ1n) is 11.8. The molecule has 0 atom stereocenters. The molecule has 0 aromatic heterocycles. The molecular formula is C32H24Cl2OTi. The summed E-state index contributed by atoms with van der Waals surface area (Å²) in [4.78, 5) is 0. The molecule has 176 valence electrons. The van der Waals surface area contributed by atoms with Gasteiger partial charge in [-0.3, -0.25) is 0 Å². The molecule has 0 spiro atoms. The van der Waals surface area contributed by atoms with Gasteiger partial charge in [-0.05, 0) is 44.5 Å². The van der Waals surface area contributed by atoms with E-state index in [9.17, 15) is 5.11 Å². The molecule has 4 heteroatoms. The number of halogens is 2. The van der Waals surface area contributed by atoms with Crippen molar-refractivity contribution < 1.29 is 22.1 Å². The van der Waals surface area contributed by atoms with Gasteiger partial charge in [0.05, 0.1) is 0 Å². The Hall–Kier alpha value is -2.65. The van der Waals surface area contributed by atoms with Gasteiger partial charge in [0.1, 0.15) is 5.60 Å². The third-order valence-electron chi connectivity index (χ3n) is 6.88. The summed E-state index contributed by atoms with van der Waals surface area (Å²) in [7, 11) is 9.78. The maximum absolute atomic E-state index is 12.6. The zero-order valence-electron chi connectivity index (χ0n) is 19.5. The Kier molecular flexibility index (Phi) is 7.77. The number of fused-ring (bicyclic) bond motifs is 3. The molecule has 0 bridgehead atoms. The van der Waals surface area contributed by atoms with Gasteiger partial charge in [-0.2, -0.15) is 0 Å². The van der Waals surface area contributed by atoms with Crippen molar-refractivity contribution in [2.45, 2.75) is 11.5 Å². The number of hydrogen-bond acceptors (Lipinski definition) is 1. The van der Waals surface area contributed by atoms with Crippen LogP contribution < -0.4 is 0 Å². The van der Waals surface area contributed by atoms with E-state index in [1.807, 2.05) is 66.7 Å². The molecule has 5 aromatic carbocycles. The van der Waals surface area contributed by atoms with E-state index >= 15 is 0 Å². The van der Waals surface area contributed by atoms with Crippen molar-refractivity contribution in [3.05, 3.63) is 167 Å². The van der Waals surface area contributed by atoms with Gasteiger partial charge in [-0.25, -0.2) is 0 Å². The van der Waals surface area contributed by atoms with E-state index in [0.717, 1.165) is 22.3 Å². The second-order valence-electron chi connectivity index (χ2n) is 8.71. The first-order chi connectivity index (χ1) is 17.7. The zero-order valence-corrected chi connectivity index (χ0v) is 22.6. The summed E-state index contributed by atoms with van der Waals surface area (Å²) in [6.45, 7) is 0. The fraction of sp³-hybridized carbons (Fsp3) is 0.0625. The van der Waals surface area contributed by atoms with E-state index in [0.29, 0.717) is 0 Å². The zero-order chi connectivity index (χ0) is 25.0. The third-order valence-corrected chi connectivity index (χ3v) is 6.88. The molecule has 0 heterocycles. The van der Waals surface area contributed by atoms with Gasteiger partial charge in [-0.1, -0.05) is 133 Å². The Labute approximate surface area is 229 Å². The molecule has 0 aliphatic heterocycles. The monoisotopic (exact) mass is 542 g/mol. The van der Waals surface area contributed by atoms with E-state index in [4.69, 9.17) is 18.6 Å². The van der Waals surface area contributed by atoms with Crippen LogP contribution in [0.4, 0.5) is 0 Å². The van der Waals surface area contributed by atoms with Crippen LogP contribution in [0.3, 0.4) is 0 Å². The van der Waals surface area contributed by atoms with Gasteiger partial charge in [0.25, 0.3) is 0 Å². The van der Waals surface area contributed by atoms with Crippen LogP contribution in [0.1, 0.15) is 39.3 Å². The molecule has 0 radical (unpaired) electrons. The predicted octanol–water partition coefficient (Wildman–Crippen LogP) is 8.51. The SMILES string of the molecule is OC(c1ccccc1)(c1ccccc1)c1ccccc1C1c2ccccc2-c2ccccc21.[Cl][Ti][Cl]. The van der Waals surface area contributed by atoms with Crippen LogP contribution in [0.2, 0.25) is 0 Å². The molecule has 1 aliphatic rings. The fourth-order valence-electron chi connectivity index (χ4n) is 5.41. The molecule has 1 N–H and O–H groups in total. The summed E-state index contributed by atoms with van der Waals surface area (Å²) < 4.78 is 0. The summed E-state index contributed by atoms with van der Waals surface area (Å²) in [5.74, 6) is 0.0625. The molecule has 36 heavy (non-hydrogen) atoms. The van der Waals surface area contributed by atoms with E-state index in [2.05, 4.69) is 66.7 Å². The van der Waals surface area contributed by atoms with Gasteiger partial charge < -0.3 is 5.11 Å². The number of hydrogen-bond donors (Lipinski definition) is 1. The van der Waals surface area contributed by atoms with Gasteiger partial charge in [-0.15, -0.1) is 0 Å². The van der Waals surface area contributed by atoms with E-state index in [1.54, 1.807) is 0 Å². The Morgan fingerprint density at radius 2 is 0.861 bits per heavy atom. The molecule has 0 amide bonds. The third kappa shape index (κ3) is 4.47. The molecular weight excluding hydrogens is 519 g/mol. The second-order valence-corrected chi connectivity index (χ2v) is 11.3. The quantitative estimate of drug-likeness (QED) is 0.175. The van der Waals surface area contributed by atoms with E-state index < -0.39 is 22.6 Å². The van der Waals surface area contributed by atoms with Crippen LogP contribution in [0.15, 0.2) is 133 Å². The summed E-state index contributed by atoms with van der Waals surface area (Å²) in [5, 5.41) is 12.6. The van der Waals surface area contributed by atoms with E-state index in [-0.39, 0.29) is 5.92 Å². The first kappa shape index (κ1) is 25.0. The average molecular weight is 543 g/mol. The van der Waals surface area contributed by atoms with Crippen LogP contribution in [0, 0.1) is 0 Å². The number of rotatable bonds is 4. The predicted molar refractivity (Wildman–Crippen MR) is 146 cm³/mol. The molecule has 0 saturated heterocycles. The minimum atomic E-state index is -1.27. The van der Waals surface area contributed by atoms with E-state index in [1.165, 1.54) is 22.3 Å². The Balaban J connectivity index is 0.000000848. The standard InChI is InChI=1S/C32H24O.2ClH.Ti/c33-32(23-13-3-1-4-14-23,24-15-5-2-6-16-24)30-22-12-11-21-29(30)31-27-19-9-7-17-25(27)26-18-8-10-20-28(26)31;;;/h1-22,31,33H;2*1H;/q;;;+2/p-2. The van der Waals surface area contributed by atoms with Crippen molar-refractivity contribution in [1.29, 1.82) is 0 Å². The van der Waals surface area contributed by atoms with Crippen LogP contribution >= 0.6 is 18.6 Å².